The summed E-state index contributed by atoms with van der Waals surface area (Å²) in [6.45, 7) is 2.08. The normalized spacial score (nSPS) is 18.2. The molecule has 2 nitrogen and oxygen atoms in total. The minimum absolute atomic E-state index is 0.221. The minimum atomic E-state index is -0.221. The van der Waals surface area contributed by atoms with E-state index in [1.807, 2.05) is 0 Å². The van der Waals surface area contributed by atoms with Crippen molar-refractivity contribution in [2.45, 2.75) is 31.7 Å². The molecule has 1 saturated carbocycles. The zero-order valence-corrected chi connectivity index (χ0v) is 7.64. The average Bonchev–Trinajstić information content (AvgIpc) is 1.97. The van der Waals surface area contributed by atoms with Crippen molar-refractivity contribution in [2.24, 2.45) is 5.73 Å². The molecule has 72 valence electrons. The van der Waals surface area contributed by atoms with E-state index in [0.29, 0.717) is 12.6 Å². The van der Waals surface area contributed by atoms with Gasteiger partial charge in [-0.05, 0) is 32.4 Å². The summed E-state index contributed by atoms with van der Waals surface area (Å²) in [4.78, 5) is 2.25. The monoisotopic (exact) mass is 174 g/mol. The van der Waals surface area contributed by atoms with Crippen molar-refractivity contribution in [3.63, 3.8) is 0 Å². The number of nitrogens with two attached hydrogens (primary N) is 1. The zero-order chi connectivity index (χ0) is 8.81. The lowest BCUT2D eigenvalue weighted by atomic mass is 9.91. The van der Waals surface area contributed by atoms with Gasteiger partial charge in [-0.1, -0.05) is 6.42 Å². The summed E-state index contributed by atoms with van der Waals surface area (Å²) in [5.41, 5.74) is 5.41. The Labute approximate surface area is 73.9 Å². The number of hydrogen-bond acceptors (Lipinski definition) is 2. The Bertz CT molecular complexity index is 115. The molecular formula is C9H19FN2. The van der Waals surface area contributed by atoms with Crippen molar-refractivity contribution in [1.29, 1.82) is 0 Å². The van der Waals surface area contributed by atoms with Crippen LogP contribution in [0.5, 0.6) is 0 Å². The van der Waals surface area contributed by atoms with E-state index >= 15 is 0 Å². The largest absolute Gasteiger partial charge is 0.330 e. The third-order valence-corrected chi connectivity index (χ3v) is 2.61. The fourth-order valence-electron chi connectivity index (χ4n) is 1.63. The Hall–Kier alpha value is -0.150. The fourth-order valence-corrected chi connectivity index (χ4v) is 1.63. The van der Waals surface area contributed by atoms with Crippen LogP contribution in [0.25, 0.3) is 0 Å². The average molecular weight is 174 g/mol. The molecule has 12 heavy (non-hydrogen) atoms. The Balaban J connectivity index is 2.17. The maximum atomic E-state index is 12.1. The molecule has 0 heterocycles. The minimum Gasteiger partial charge on any atom is -0.330 e. The van der Waals surface area contributed by atoms with Gasteiger partial charge in [0.15, 0.2) is 0 Å². The highest BCUT2D eigenvalue weighted by Crippen LogP contribution is 2.24. The topological polar surface area (TPSA) is 29.3 Å². The van der Waals surface area contributed by atoms with Crippen LogP contribution in [-0.4, -0.2) is 37.3 Å². The number of rotatable bonds is 6. The fraction of sp³-hybridized carbons (Fsp3) is 1.00. The van der Waals surface area contributed by atoms with Gasteiger partial charge < -0.3 is 5.73 Å². The highest BCUT2D eigenvalue weighted by molar-refractivity contribution is 4.79. The van der Waals surface area contributed by atoms with Gasteiger partial charge in [-0.3, -0.25) is 4.90 Å². The van der Waals surface area contributed by atoms with Gasteiger partial charge in [-0.15, -0.1) is 0 Å². The first-order chi connectivity index (χ1) is 5.88. The molecule has 0 aromatic carbocycles. The summed E-state index contributed by atoms with van der Waals surface area (Å²) in [6, 6.07) is 0.660. The van der Waals surface area contributed by atoms with Crippen LogP contribution in [-0.2, 0) is 0 Å². The Morgan fingerprint density at radius 3 is 2.50 bits per heavy atom. The van der Waals surface area contributed by atoms with Crippen molar-refractivity contribution >= 4 is 0 Å². The van der Waals surface area contributed by atoms with E-state index in [1.54, 1.807) is 0 Å². The first-order valence-corrected chi connectivity index (χ1v) is 4.88. The molecule has 1 aliphatic rings. The second kappa shape index (κ2) is 5.49. The van der Waals surface area contributed by atoms with E-state index in [-0.39, 0.29) is 6.67 Å². The third kappa shape index (κ3) is 2.72. The molecule has 0 radical (unpaired) electrons. The molecule has 2 N–H and O–H groups in total. The van der Waals surface area contributed by atoms with Crippen molar-refractivity contribution in [2.75, 3.05) is 26.3 Å². The van der Waals surface area contributed by atoms with Crippen LogP contribution in [0.2, 0.25) is 0 Å². The molecule has 0 atom stereocenters. The van der Waals surface area contributed by atoms with Gasteiger partial charge >= 0.3 is 0 Å². The van der Waals surface area contributed by atoms with Gasteiger partial charge in [0, 0.05) is 12.6 Å². The molecule has 0 aromatic heterocycles. The highest BCUT2D eigenvalue weighted by atomic mass is 19.1. The van der Waals surface area contributed by atoms with Crippen molar-refractivity contribution in [3.05, 3.63) is 0 Å². The third-order valence-electron chi connectivity index (χ3n) is 2.61. The molecule has 0 bridgehead atoms. The quantitative estimate of drug-likeness (QED) is 0.654. The first-order valence-electron chi connectivity index (χ1n) is 4.88. The summed E-state index contributed by atoms with van der Waals surface area (Å²) in [6.07, 6.45) is 4.82. The van der Waals surface area contributed by atoms with Crippen LogP contribution in [0.1, 0.15) is 25.7 Å². The molecule has 3 heteroatoms. The van der Waals surface area contributed by atoms with Gasteiger partial charge in [0.25, 0.3) is 0 Å². The summed E-state index contributed by atoms with van der Waals surface area (Å²) < 4.78 is 12.1. The van der Waals surface area contributed by atoms with E-state index in [0.717, 1.165) is 19.5 Å². The van der Waals surface area contributed by atoms with Crippen molar-refractivity contribution in [3.8, 4) is 0 Å². The van der Waals surface area contributed by atoms with Gasteiger partial charge in [0.2, 0.25) is 0 Å². The van der Waals surface area contributed by atoms with Gasteiger partial charge in [0.05, 0.1) is 0 Å². The van der Waals surface area contributed by atoms with Crippen LogP contribution >= 0.6 is 0 Å². The molecule has 1 aliphatic carbocycles. The van der Waals surface area contributed by atoms with Crippen molar-refractivity contribution < 1.29 is 4.39 Å². The van der Waals surface area contributed by atoms with Crippen LogP contribution in [0.15, 0.2) is 0 Å². The lowest BCUT2D eigenvalue weighted by molar-refractivity contribution is 0.118. The molecule has 1 rings (SSSR count). The molecule has 1 fully saturated rings. The zero-order valence-electron chi connectivity index (χ0n) is 7.64. The molecule has 0 amide bonds. The summed E-state index contributed by atoms with van der Waals surface area (Å²) in [5.74, 6) is 0. The van der Waals surface area contributed by atoms with Crippen LogP contribution in [0.3, 0.4) is 0 Å². The predicted octanol–water partition coefficient (Wildman–Crippen LogP) is 1.16. The highest BCUT2D eigenvalue weighted by Gasteiger charge is 2.23. The van der Waals surface area contributed by atoms with E-state index in [9.17, 15) is 4.39 Å². The number of alkyl halides is 1. The van der Waals surface area contributed by atoms with Crippen LogP contribution < -0.4 is 5.73 Å². The number of nitrogens with zero attached hydrogens (tertiary/aromatic N) is 1. The predicted molar refractivity (Wildman–Crippen MR) is 48.9 cm³/mol. The molecule has 0 aromatic rings. The van der Waals surface area contributed by atoms with Crippen molar-refractivity contribution in [1.82, 2.24) is 4.90 Å². The summed E-state index contributed by atoms with van der Waals surface area (Å²) >= 11 is 0. The lowest BCUT2D eigenvalue weighted by Gasteiger charge is -2.37. The molecular weight excluding hydrogens is 155 g/mol. The SMILES string of the molecule is NCCCN(CCF)C1CCC1. The second-order valence-electron chi connectivity index (χ2n) is 3.45. The number of halogens is 1. The molecule has 0 spiro atoms. The van der Waals surface area contributed by atoms with Gasteiger partial charge in [-0.25, -0.2) is 4.39 Å². The maximum Gasteiger partial charge on any atom is 0.102 e. The second-order valence-corrected chi connectivity index (χ2v) is 3.45. The van der Waals surface area contributed by atoms with E-state index < -0.39 is 0 Å². The lowest BCUT2D eigenvalue weighted by Crippen LogP contribution is -2.42. The number of hydrogen-bond donors (Lipinski definition) is 1. The summed E-state index contributed by atoms with van der Waals surface area (Å²) in [7, 11) is 0. The molecule has 0 saturated heterocycles. The Kier molecular flexibility index (Phi) is 4.54. The standard InChI is InChI=1S/C9H19FN2/c10-5-8-12(7-2-6-11)9-3-1-4-9/h9H,1-8,11H2. The first kappa shape index (κ1) is 9.93. The molecule has 0 unspecified atom stereocenters. The molecule has 0 aliphatic heterocycles. The van der Waals surface area contributed by atoms with E-state index in [4.69, 9.17) is 5.73 Å². The Morgan fingerprint density at radius 2 is 2.08 bits per heavy atom. The Morgan fingerprint density at radius 1 is 1.33 bits per heavy atom. The van der Waals surface area contributed by atoms with E-state index in [1.165, 1.54) is 19.3 Å². The smallest absolute Gasteiger partial charge is 0.102 e. The van der Waals surface area contributed by atoms with Crippen LogP contribution in [0.4, 0.5) is 4.39 Å². The van der Waals surface area contributed by atoms with Gasteiger partial charge in [0.1, 0.15) is 6.67 Å². The summed E-state index contributed by atoms with van der Waals surface area (Å²) in [5, 5.41) is 0. The maximum absolute atomic E-state index is 12.1. The van der Waals surface area contributed by atoms with E-state index in [2.05, 4.69) is 4.90 Å². The van der Waals surface area contributed by atoms with Gasteiger partial charge in [-0.2, -0.15) is 0 Å². The van der Waals surface area contributed by atoms with Crippen LogP contribution in [0, 0.1) is 0 Å².